The zero-order valence-corrected chi connectivity index (χ0v) is 8.90. The van der Waals surface area contributed by atoms with Crippen molar-refractivity contribution >= 4 is 18.5 Å². The van der Waals surface area contributed by atoms with E-state index in [4.69, 9.17) is 18.9 Å². The number of carbonyl (C=O) groups is 3. The Bertz CT molecular complexity index is 369. The number of carbonyl (C=O) groups excluding carboxylic acids is 3. The first-order valence-electron chi connectivity index (χ1n) is 5.17. The second-order valence-electron chi connectivity index (χ2n) is 3.85. The fraction of sp³-hybridized carbons (Fsp3) is 0.667. The van der Waals surface area contributed by atoms with E-state index < -0.39 is 42.9 Å². The van der Waals surface area contributed by atoms with Crippen molar-refractivity contribution in [3.8, 4) is 0 Å². The van der Waals surface area contributed by atoms with Crippen LogP contribution >= 0.6 is 0 Å². The lowest BCUT2D eigenvalue weighted by molar-refractivity contribution is -0.0163. The molecule has 3 aliphatic heterocycles. The Hall–Kier alpha value is -2.19. The summed E-state index contributed by atoms with van der Waals surface area (Å²) in [5.41, 5.74) is 0. The van der Waals surface area contributed by atoms with Gasteiger partial charge in [0.15, 0.2) is 24.4 Å². The molecule has 0 N–H and O–H groups in total. The molecule has 3 aliphatic rings. The summed E-state index contributed by atoms with van der Waals surface area (Å²) in [7, 11) is 0. The van der Waals surface area contributed by atoms with Gasteiger partial charge in [-0.25, -0.2) is 14.4 Å². The number of rotatable bonds is 2. The molecule has 0 amide bonds. The molecule has 0 aliphatic carbocycles. The summed E-state index contributed by atoms with van der Waals surface area (Å²) in [6.45, 7) is -0.115. The van der Waals surface area contributed by atoms with Gasteiger partial charge in [0, 0.05) is 0 Å². The minimum Gasteiger partial charge on any atom is -0.430 e. The Morgan fingerprint density at radius 2 is 1.11 bits per heavy atom. The van der Waals surface area contributed by atoms with Crippen LogP contribution in [0.25, 0.3) is 0 Å². The SMILES string of the molecule is O=C1O[C@@H]([C@@H]2COC(=O)O2)[C@H]([C@@H]2COC(=O)O2)O1. The van der Waals surface area contributed by atoms with Gasteiger partial charge in [-0.2, -0.15) is 0 Å². The molecule has 98 valence electrons. The topological polar surface area (TPSA) is 107 Å². The first-order valence-corrected chi connectivity index (χ1v) is 5.17. The van der Waals surface area contributed by atoms with E-state index in [-0.39, 0.29) is 13.2 Å². The van der Waals surface area contributed by atoms with Crippen LogP contribution in [0.4, 0.5) is 14.4 Å². The third-order valence-electron chi connectivity index (χ3n) is 2.75. The smallest absolute Gasteiger partial charge is 0.430 e. The van der Waals surface area contributed by atoms with Crippen LogP contribution in [-0.2, 0) is 28.4 Å². The molecule has 3 saturated heterocycles. The second-order valence-corrected chi connectivity index (χ2v) is 3.85. The number of hydrogen-bond acceptors (Lipinski definition) is 9. The zero-order valence-electron chi connectivity index (χ0n) is 8.90. The van der Waals surface area contributed by atoms with E-state index >= 15 is 0 Å². The van der Waals surface area contributed by atoms with Gasteiger partial charge in [0.2, 0.25) is 0 Å². The molecule has 0 unspecified atom stereocenters. The molecule has 9 nitrogen and oxygen atoms in total. The van der Waals surface area contributed by atoms with Gasteiger partial charge in [-0.1, -0.05) is 0 Å². The molecule has 18 heavy (non-hydrogen) atoms. The Balaban J connectivity index is 1.73. The molecule has 3 rings (SSSR count). The van der Waals surface area contributed by atoms with Crippen LogP contribution in [0.15, 0.2) is 0 Å². The average Bonchev–Trinajstić information content (AvgIpc) is 2.98. The molecular formula is C9H8O9. The van der Waals surface area contributed by atoms with E-state index in [1.54, 1.807) is 0 Å². The van der Waals surface area contributed by atoms with Crippen LogP contribution in [-0.4, -0.2) is 56.1 Å². The highest BCUT2D eigenvalue weighted by Crippen LogP contribution is 2.28. The van der Waals surface area contributed by atoms with Crippen molar-refractivity contribution < 1.29 is 42.8 Å². The van der Waals surface area contributed by atoms with Crippen molar-refractivity contribution in [1.82, 2.24) is 0 Å². The fourth-order valence-corrected chi connectivity index (χ4v) is 1.97. The first kappa shape index (κ1) is 10.9. The monoisotopic (exact) mass is 260 g/mol. The Morgan fingerprint density at radius 1 is 0.667 bits per heavy atom. The summed E-state index contributed by atoms with van der Waals surface area (Å²) in [5, 5.41) is 0. The van der Waals surface area contributed by atoms with Gasteiger partial charge in [0.1, 0.15) is 13.2 Å². The lowest BCUT2D eigenvalue weighted by Gasteiger charge is -2.20. The van der Waals surface area contributed by atoms with Gasteiger partial charge in [0.05, 0.1) is 0 Å². The molecule has 3 fully saturated rings. The predicted molar refractivity (Wildman–Crippen MR) is 47.6 cm³/mol. The largest absolute Gasteiger partial charge is 0.509 e. The maximum atomic E-state index is 11.1. The number of ether oxygens (including phenoxy) is 6. The number of hydrogen-bond donors (Lipinski definition) is 0. The van der Waals surface area contributed by atoms with Crippen LogP contribution in [0.2, 0.25) is 0 Å². The van der Waals surface area contributed by atoms with E-state index in [9.17, 15) is 14.4 Å². The van der Waals surface area contributed by atoms with Crippen LogP contribution in [0, 0.1) is 0 Å². The predicted octanol–water partition coefficient (Wildman–Crippen LogP) is -0.0388. The van der Waals surface area contributed by atoms with Crippen LogP contribution in [0.3, 0.4) is 0 Å². The quantitative estimate of drug-likeness (QED) is 0.499. The van der Waals surface area contributed by atoms with Crippen molar-refractivity contribution in [3.63, 3.8) is 0 Å². The zero-order chi connectivity index (χ0) is 12.7. The van der Waals surface area contributed by atoms with E-state index in [0.29, 0.717) is 0 Å². The molecule has 0 bridgehead atoms. The van der Waals surface area contributed by atoms with E-state index in [2.05, 4.69) is 9.47 Å². The van der Waals surface area contributed by atoms with Crippen LogP contribution in [0.1, 0.15) is 0 Å². The Labute approximate surface area is 99.8 Å². The highest BCUT2D eigenvalue weighted by molar-refractivity contribution is 5.65. The molecule has 3 heterocycles. The molecule has 0 spiro atoms. The van der Waals surface area contributed by atoms with Gasteiger partial charge < -0.3 is 28.4 Å². The lowest BCUT2D eigenvalue weighted by Crippen LogP contribution is -2.44. The highest BCUT2D eigenvalue weighted by Gasteiger charge is 2.53. The first-order chi connectivity index (χ1) is 8.63. The molecule has 0 aromatic heterocycles. The minimum atomic E-state index is -0.920. The molecule has 4 atom stereocenters. The fourth-order valence-electron chi connectivity index (χ4n) is 1.97. The molecular weight excluding hydrogens is 252 g/mol. The molecule has 0 aromatic carbocycles. The molecule has 0 radical (unpaired) electrons. The van der Waals surface area contributed by atoms with Gasteiger partial charge in [-0.3, -0.25) is 0 Å². The van der Waals surface area contributed by atoms with Gasteiger partial charge in [0.25, 0.3) is 0 Å². The van der Waals surface area contributed by atoms with Crippen molar-refractivity contribution in [1.29, 1.82) is 0 Å². The van der Waals surface area contributed by atoms with Crippen molar-refractivity contribution in [2.24, 2.45) is 0 Å². The normalized spacial score (nSPS) is 38.3. The van der Waals surface area contributed by atoms with E-state index in [0.717, 1.165) is 0 Å². The lowest BCUT2D eigenvalue weighted by atomic mass is 10.0. The highest BCUT2D eigenvalue weighted by atomic mass is 16.8. The average molecular weight is 260 g/mol. The molecule has 0 saturated carbocycles. The summed E-state index contributed by atoms with van der Waals surface area (Å²) in [5.74, 6) is 0. The molecule has 9 heteroatoms. The Kier molecular flexibility index (Phi) is 2.39. The van der Waals surface area contributed by atoms with E-state index in [1.165, 1.54) is 0 Å². The van der Waals surface area contributed by atoms with Crippen molar-refractivity contribution in [2.75, 3.05) is 13.2 Å². The third kappa shape index (κ3) is 1.77. The van der Waals surface area contributed by atoms with Crippen molar-refractivity contribution in [2.45, 2.75) is 24.4 Å². The number of cyclic esters (lactones) is 6. The van der Waals surface area contributed by atoms with Gasteiger partial charge in [-0.05, 0) is 0 Å². The maximum absolute atomic E-state index is 11.1. The van der Waals surface area contributed by atoms with Crippen molar-refractivity contribution in [3.05, 3.63) is 0 Å². The van der Waals surface area contributed by atoms with Gasteiger partial charge >= 0.3 is 18.5 Å². The maximum Gasteiger partial charge on any atom is 0.509 e. The van der Waals surface area contributed by atoms with E-state index in [1.807, 2.05) is 0 Å². The summed E-state index contributed by atoms with van der Waals surface area (Å²) in [6, 6.07) is 0. The third-order valence-corrected chi connectivity index (χ3v) is 2.75. The summed E-state index contributed by atoms with van der Waals surface area (Å²) < 4.78 is 28.6. The van der Waals surface area contributed by atoms with Gasteiger partial charge in [-0.15, -0.1) is 0 Å². The second kappa shape index (κ2) is 3.93. The summed E-state index contributed by atoms with van der Waals surface area (Å²) in [6.07, 6.45) is -5.95. The molecule has 0 aromatic rings. The van der Waals surface area contributed by atoms with Crippen LogP contribution in [0.5, 0.6) is 0 Å². The summed E-state index contributed by atoms with van der Waals surface area (Å²) in [4.78, 5) is 32.8. The standard InChI is InChI=1S/C9H8O9/c10-7-13-1-3(15-7)5-6(18-9(12)17-5)4-2-14-8(11)16-4/h3-6H,1-2H2/t3-,4-,5-,6-/m0/s1. The minimum absolute atomic E-state index is 0.0574. The Morgan fingerprint density at radius 3 is 1.44 bits per heavy atom. The summed E-state index contributed by atoms with van der Waals surface area (Å²) >= 11 is 0. The van der Waals surface area contributed by atoms with Crippen LogP contribution < -0.4 is 0 Å².